The maximum atomic E-state index is 6.50. The Morgan fingerprint density at radius 2 is 0.336 bits per heavy atom. The third kappa shape index (κ3) is 12.5. The lowest BCUT2D eigenvalue weighted by Gasteiger charge is -2.11. The van der Waals surface area contributed by atoms with Gasteiger partial charge < -0.3 is 31.8 Å². The summed E-state index contributed by atoms with van der Waals surface area (Å²) in [7, 11) is 0. The number of rotatable bonds is 12. The highest BCUT2D eigenvalue weighted by Gasteiger charge is 2.26. The predicted octanol–water partition coefficient (Wildman–Crippen LogP) is 32.6. The molecule has 13 nitrogen and oxygen atoms in total. The number of furan rings is 1. The maximum Gasteiger partial charge on any atom is 0.164 e. The highest BCUT2D eigenvalue weighted by molar-refractivity contribution is 7.25. The van der Waals surface area contributed by atoms with Gasteiger partial charge >= 0.3 is 0 Å². The molecule has 0 aliphatic rings. The summed E-state index contributed by atoms with van der Waals surface area (Å²) < 4.78 is 23.4. The Morgan fingerprint density at radius 3 is 0.636 bits per heavy atom. The smallest absolute Gasteiger partial charge is 0.164 e. The van der Waals surface area contributed by atoms with Crippen LogP contribution in [0.2, 0.25) is 0 Å². The lowest BCUT2D eigenvalue weighted by atomic mass is 10.1. The molecule has 20 aromatic carbocycles. The SMILES string of the molecule is c1ccc(-c2nc(-c3ccccc3)nc(-c3ccc4oc5ccc(-n6c7ccccc7c7cc(-n8c9ccccc9c9cc(-n%10c%11ccccc%11c%11ccccc%11%10)ccc98)ccc76)cc5c4c3)n2)cc1.c1ccc(-c2nc(-c3ccccc3)nc(-c3ccc4sc5ccc(-n6c7ccccc7c7cc(-n8c9ccccc9c9cc(-n%10c%11ccccc%11c%11ccccc%11%10)ccc98)ccc76)cc5c4c3)n2)cc1. The number of para-hydroxylation sites is 8. The molecule has 0 aliphatic carbocycles. The fourth-order valence-electron chi connectivity index (χ4n) is 21.9. The van der Waals surface area contributed by atoms with E-state index in [0.717, 1.165) is 112 Å². The Labute approximate surface area is 803 Å². The quantitative estimate of drug-likeness (QED) is 0.119. The summed E-state index contributed by atoms with van der Waals surface area (Å²) in [6, 6.07) is 164. The fourth-order valence-corrected chi connectivity index (χ4v) is 22.9. The van der Waals surface area contributed by atoms with Crippen molar-refractivity contribution in [3.8, 4) is 102 Å². The van der Waals surface area contributed by atoms with Gasteiger partial charge in [-0.2, -0.15) is 0 Å². The first-order valence-corrected chi connectivity index (χ1v) is 48.0. The summed E-state index contributed by atoms with van der Waals surface area (Å²) in [5.74, 6) is 3.81. The van der Waals surface area contributed by atoms with Gasteiger partial charge in [0.25, 0.3) is 0 Å². The molecule has 652 valence electrons. The first kappa shape index (κ1) is 78.7. The second kappa shape index (κ2) is 31.4. The lowest BCUT2D eigenvalue weighted by Crippen LogP contribution is -2.00. The molecule has 0 aliphatic heterocycles. The summed E-state index contributed by atoms with van der Waals surface area (Å²) in [6.45, 7) is 0. The molecule has 10 aromatic heterocycles. The molecule has 140 heavy (non-hydrogen) atoms. The Kier molecular flexibility index (Phi) is 17.7. The van der Waals surface area contributed by atoms with E-state index < -0.39 is 0 Å². The number of benzene rings is 20. The average Bonchev–Trinajstić information content (AvgIpc) is 1.56. The molecular formula is C126H76N12OS. The standard InChI is InChI=1S/C63H38N6O.C63H38N6S/c2*1-3-15-39(16-4-1)61-64-62(40-17-5-2-6-18-40)66-63(65-61)41-27-33-59-51(35-41)52-38-44(30-34-60(52)70-59)69-56-26-14-10-22-48(56)50-37-43(29-32-58(50)69)68-55-25-13-9-21-47(55)49-36-42(28-31-57(49)68)67-53-23-11-7-19-45(53)46-20-8-12-24-54(46)67/h2*1-38H. The Balaban J connectivity index is 0.000000134. The van der Waals surface area contributed by atoms with Crippen LogP contribution in [0, 0.1) is 0 Å². The highest BCUT2D eigenvalue weighted by atomic mass is 32.1. The maximum absolute atomic E-state index is 6.50. The highest BCUT2D eigenvalue weighted by Crippen LogP contribution is 2.47. The van der Waals surface area contributed by atoms with E-state index in [-0.39, 0.29) is 0 Å². The van der Waals surface area contributed by atoms with Crippen molar-refractivity contribution in [1.29, 1.82) is 0 Å². The third-order valence-electron chi connectivity index (χ3n) is 28.2. The van der Waals surface area contributed by atoms with E-state index in [9.17, 15) is 0 Å². The van der Waals surface area contributed by atoms with E-state index in [1.165, 1.54) is 129 Å². The van der Waals surface area contributed by atoms with Crippen LogP contribution in [-0.4, -0.2) is 57.3 Å². The second-order valence-electron chi connectivity index (χ2n) is 36.0. The largest absolute Gasteiger partial charge is 0.456 e. The minimum absolute atomic E-state index is 0.602. The Bertz CT molecular complexity index is 9560. The number of nitrogens with zero attached hydrogens (tertiary/aromatic N) is 12. The molecule has 0 saturated carbocycles. The summed E-state index contributed by atoms with van der Waals surface area (Å²) in [4.78, 5) is 30.1. The van der Waals surface area contributed by atoms with Crippen LogP contribution in [0.25, 0.3) is 275 Å². The van der Waals surface area contributed by atoms with Crippen molar-refractivity contribution in [2.75, 3.05) is 0 Å². The van der Waals surface area contributed by atoms with Crippen LogP contribution in [0.3, 0.4) is 0 Å². The lowest BCUT2D eigenvalue weighted by molar-refractivity contribution is 0.669. The van der Waals surface area contributed by atoms with Crippen molar-refractivity contribution >= 4 is 184 Å². The molecule has 10 heterocycles. The molecule has 0 saturated heterocycles. The molecule has 14 heteroatoms. The van der Waals surface area contributed by atoms with Crippen LogP contribution in [-0.2, 0) is 0 Å². The van der Waals surface area contributed by atoms with Crippen LogP contribution < -0.4 is 0 Å². The molecule has 0 fully saturated rings. The zero-order valence-electron chi connectivity index (χ0n) is 75.1. The minimum Gasteiger partial charge on any atom is -0.456 e. The summed E-state index contributed by atoms with van der Waals surface area (Å²) in [5.41, 5.74) is 28.0. The number of thiophene rings is 1. The van der Waals surface area contributed by atoms with Gasteiger partial charge in [0, 0.05) is 163 Å². The van der Waals surface area contributed by atoms with Gasteiger partial charge in [-0.05, 0) is 194 Å². The van der Waals surface area contributed by atoms with E-state index in [4.69, 9.17) is 34.3 Å². The third-order valence-corrected chi connectivity index (χ3v) is 29.3. The molecule has 30 rings (SSSR count). The van der Waals surface area contributed by atoms with Gasteiger partial charge in [-0.15, -0.1) is 11.3 Å². The molecule has 0 unspecified atom stereocenters. The molecule has 0 radical (unpaired) electrons. The zero-order chi connectivity index (χ0) is 91.7. The van der Waals surface area contributed by atoms with E-state index in [1.54, 1.807) is 0 Å². The monoisotopic (exact) mass is 1800 g/mol. The van der Waals surface area contributed by atoms with Gasteiger partial charge in [0.2, 0.25) is 0 Å². The normalized spacial score (nSPS) is 12.0. The van der Waals surface area contributed by atoms with Crippen LogP contribution in [0.15, 0.2) is 465 Å². The average molecular weight is 1810 g/mol. The van der Waals surface area contributed by atoms with Gasteiger partial charge in [-0.1, -0.05) is 267 Å². The molecule has 0 bridgehead atoms. The van der Waals surface area contributed by atoms with E-state index in [1.807, 2.05) is 145 Å². The number of hydrogen-bond acceptors (Lipinski definition) is 8. The summed E-state index contributed by atoms with van der Waals surface area (Å²) >= 11 is 1.82. The van der Waals surface area contributed by atoms with Crippen LogP contribution in [0.1, 0.15) is 0 Å². The van der Waals surface area contributed by atoms with E-state index >= 15 is 0 Å². The molecule has 0 atom stereocenters. The Hall–Kier alpha value is -18.8. The molecule has 30 aromatic rings. The first-order valence-electron chi connectivity index (χ1n) is 47.2. The Morgan fingerprint density at radius 1 is 0.143 bits per heavy atom. The van der Waals surface area contributed by atoms with Crippen molar-refractivity contribution in [2.24, 2.45) is 0 Å². The van der Waals surface area contributed by atoms with Crippen LogP contribution in [0.4, 0.5) is 0 Å². The van der Waals surface area contributed by atoms with Crippen molar-refractivity contribution in [3.63, 3.8) is 0 Å². The topological polar surface area (TPSA) is 120 Å². The van der Waals surface area contributed by atoms with Crippen molar-refractivity contribution < 1.29 is 4.42 Å². The van der Waals surface area contributed by atoms with Gasteiger partial charge in [0.05, 0.1) is 66.2 Å². The fraction of sp³-hybridized carbons (Fsp3) is 0. The van der Waals surface area contributed by atoms with Crippen LogP contribution in [0.5, 0.6) is 0 Å². The van der Waals surface area contributed by atoms with Crippen molar-refractivity contribution in [2.45, 2.75) is 0 Å². The van der Waals surface area contributed by atoms with Gasteiger partial charge in [-0.25, -0.2) is 29.9 Å². The van der Waals surface area contributed by atoms with Crippen molar-refractivity contribution in [3.05, 3.63) is 461 Å². The van der Waals surface area contributed by atoms with Gasteiger partial charge in [0.15, 0.2) is 34.9 Å². The molecule has 0 N–H and O–H groups in total. The number of hydrogen-bond donors (Lipinski definition) is 0. The predicted molar refractivity (Wildman–Crippen MR) is 578 cm³/mol. The molecular weight excluding hydrogens is 1730 g/mol. The van der Waals surface area contributed by atoms with Crippen LogP contribution >= 0.6 is 11.3 Å². The summed E-state index contributed by atoms with van der Waals surface area (Å²) in [5, 5.41) is 19.1. The number of aromatic nitrogens is 12. The first-order chi connectivity index (χ1) is 69.4. The molecule has 0 amide bonds. The summed E-state index contributed by atoms with van der Waals surface area (Å²) in [6.07, 6.45) is 0. The van der Waals surface area contributed by atoms with Gasteiger partial charge in [0.1, 0.15) is 11.2 Å². The van der Waals surface area contributed by atoms with E-state index in [0.29, 0.717) is 34.9 Å². The number of fused-ring (bicyclic) bond motifs is 24. The van der Waals surface area contributed by atoms with Crippen molar-refractivity contribution in [1.82, 2.24) is 57.3 Å². The second-order valence-corrected chi connectivity index (χ2v) is 37.1. The minimum atomic E-state index is 0.602. The van der Waals surface area contributed by atoms with E-state index in [2.05, 4.69) is 355 Å². The molecule has 0 spiro atoms. The van der Waals surface area contributed by atoms with Gasteiger partial charge in [-0.3, -0.25) is 0 Å². The zero-order valence-corrected chi connectivity index (χ0v) is 75.9.